The van der Waals surface area contributed by atoms with E-state index in [9.17, 15) is 4.79 Å². The molecule has 0 aromatic heterocycles. The number of aromatic carboxylic acids is 1. The van der Waals surface area contributed by atoms with Crippen LogP contribution in [0.15, 0.2) is 72.3 Å². The van der Waals surface area contributed by atoms with E-state index in [-0.39, 0.29) is 11.0 Å². The molecule has 0 aliphatic heterocycles. The molecular formula is C28H34N2O3. The maximum atomic E-state index is 11.2. The number of hydrogen-bond donors (Lipinski definition) is 2. The van der Waals surface area contributed by atoms with E-state index in [2.05, 4.69) is 62.4 Å². The highest BCUT2D eigenvalue weighted by Gasteiger charge is 2.18. The van der Waals surface area contributed by atoms with Gasteiger partial charge in [-0.25, -0.2) is 4.79 Å². The van der Waals surface area contributed by atoms with E-state index in [0.29, 0.717) is 13.2 Å². The van der Waals surface area contributed by atoms with E-state index >= 15 is 0 Å². The lowest BCUT2D eigenvalue weighted by Gasteiger charge is -2.28. The first-order valence-electron chi connectivity index (χ1n) is 11.2. The van der Waals surface area contributed by atoms with Crippen LogP contribution < -0.4 is 10.1 Å². The van der Waals surface area contributed by atoms with Crippen molar-refractivity contribution in [1.29, 1.82) is 0 Å². The maximum absolute atomic E-state index is 11.2. The number of carboxylic acid groups (broad SMARTS) is 1. The number of benzene rings is 3. The maximum Gasteiger partial charge on any atom is 0.335 e. The minimum absolute atomic E-state index is 0.133. The minimum Gasteiger partial charge on any atom is -0.489 e. The Balaban J connectivity index is 1.76. The fourth-order valence-corrected chi connectivity index (χ4v) is 4.07. The Kier molecular flexibility index (Phi) is 8.26. The summed E-state index contributed by atoms with van der Waals surface area (Å²) in [4.78, 5) is 13.4. The summed E-state index contributed by atoms with van der Waals surface area (Å²) >= 11 is 0. The summed E-state index contributed by atoms with van der Waals surface area (Å²) in [6, 6.07) is 21.2. The number of carbonyl (C=O) groups is 1. The molecule has 0 saturated carbocycles. The van der Waals surface area contributed by atoms with Crippen molar-refractivity contribution in [2.24, 2.45) is 5.41 Å². The Labute approximate surface area is 196 Å². The van der Waals surface area contributed by atoms with E-state index in [1.54, 1.807) is 12.1 Å². The van der Waals surface area contributed by atoms with Gasteiger partial charge < -0.3 is 20.1 Å². The van der Waals surface area contributed by atoms with Gasteiger partial charge in [-0.15, -0.1) is 0 Å². The van der Waals surface area contributed by atoms with Crippen LogP contribution >= 0.6 is 0 Å². The van der Waals surface area contributed by atoms with Gasteiger partial charge in [0.15, 0.2) is 0 Å². The molecule has 0 amide bonds. The molecule has 0 fully saturated rings. The van der Waals surface area contributed by atoms with Crippen molar-refractivity contribution in [1.82, 2.24) is 10.2 Å². The summed E-state index contributed by atoms with van der Waals surface area (Å²) in [5.41, 5.74) is 2.45. The summed E-state index contributed by atoms with van der Waals surface area (Å²) in [6.45, 7) is 7.48. The number of ether oxygens (including phenoxy) is 1. The van der Waals surface area contributed by atoms with Gasteiger partial charge in [-0.05, 0) is 54.2 Å². The molecule has 33 heavy (non-hydrogen) atoms. The van der Waals surface area contributed by atoms with E-state index in [4.69, 9.17) is 9.84 Å². The smallest absolute Gasteiger partial charge is 0.335 e. The Bertz CT molecular complexity index is 1100. The largest absolute Gasteiger partial charge is 0.489 e. The summed E-state index contributed by atoms with van der Waals surface area (Å²) in [5, 5.41) is 15.0. The Hall–Kier alpha value is -3.15. The fraction of sp³-hybridized carbons (Fsp3) is 0.321. The van der Waals surface area contributed by atoms with Crippen LogP contribution in [0.25, 0.3) is 16.8 Å². The third-order valence-electron chi connectivity index (χ3n) is 5.39. The summed E-state index contributed by atoms with van der Waals surface area (Å²) in [6.07, 6.45) is 2.07. The Morgan fingerprint density at radius 2 is 1.73 bits per heavy atom. The van der Waals surface area contributed by atoms with Crippen molar-refractivity contribution in [2.45, 2.75) is 13.8 Å². The van der Waals surface area contributed by atoms with Crippen LogP contribution in [0.5, 0.6) is 5.75 Å². The number of hydrogen-bond acceptors (Lipinski definition) is 4. The molecule has 3 aromatic rings. The van der Waals surface area contributed by atoms with Crippen molar-refractivity contribution in [3.05, 3.63) is 83.4 Å². The zero-order valence-corrected chi connectivity index (χ0v) is 20.0. The minimum atomic E-state index is -0.921. The first-order valence-corrected chi connectivity index (χ1v) is 11.2. The number of rotatable bonds is 11. The number of nitrogens with one attached hydrogen (secondary N) is 1. The van der Waals surface area contributed by atoms with Crippen LogP contribution in [0.3, 0.4) is 0 Å². The van der Waals surface area contributed by atoms with Crippen LogP contribution in [0.2, 0.25) is 0 Å². The van der Waals surface area contributed by atoms with E-state index in [1.165, 1.54) is 0 Å². The lowest BCUT2D eigenvalue weighted by Crippen LogP contribution is -2.38. The van der Waals surface area contributed by atoms with E-state index in [0.717, 1.165) is 40.7 Å². The molecule has 5 heteroatoms. The third kappa shape index (κ3) is 7.45. The molecule has 0 heterocycles. The van der Waals surface area contributed by atoms with Gasteiger partial charge in [0, 0.05) is 25.0 Å². The summed E-state index contributed by atoms with van der Waals surface area (Å²) in [7, 11) is 4.18. The van der Waals surface area contributed by atoms with E-state index < -0.39 is 5.97 Å². The van der Waals surface area contributed by atoms with Crippen LogP contribution in [0.1, 0.15) is 29.8 Å². The van der Waals surface area contributed by atoms with Crippen molar-refractivity contribution in [3.63, 3.8) is 0 Å². The van der Waals surface area contributed by atoms with Crippen molar-refractivity contribution in [2.75, 3.05) is 40.3 Å². The SMILES string of the molecule is CN(C)CC(C)(C)CNC/C(=C\c1ccc(C(=O)O)cc1)COc1cccc2ccccc12. The first kappa shape index (κ1) is 24.5. The molecule has 0 atom stereocenters. The molecule has 5 nitrogen and oxygen atoms in total. The second-order valence-corrected chi connectivity index (χ2v) is 9.50. The molecule has 0 spiro atoms. The van der Waals surface area contributed by atoms with Crippen LogP contribution in [-0.4, -0.2) is 56.3 Å². The molecule has 0 saturated heterocycles. The van der Waals surface area contributed by atoms with Gasteiger partial charge in [-0.3, -0.25) is 0 Å². The molecule has 0 aliphatic rings. The first-order chi connectivity index (χ1) is 15.7. The lowest BCUT2D eigenvalue weighted by atomic mass is 9.93. The highest BCUT2D eigenvalue weighted by atomic mass is 16.5. The molecule has 2 N–H and O–H groups in total. The van der Waals surface area contributed by atoms with Gasteiger partial charge in [0.25, 0.3) is 0 Å². The second kappa shape index (κ2) is 11.1. The number of nitrogens with zero attached hydrogens (tertiary/aromatic N) is 1. The highest BCUT2D eigenvalue weighted by molar-refractivity contribution is 5.88. The standard InChI is InChI=1S/C28H34N2O3/c1-28(2,20-30(3)4)19-29-17-22(16-21-12-14-24(15-13-21)27(31)32)18-33-26-11-7-9-23-8-5-6-10-25(23)26/h5-16,29H,17-20H2,1-4H3,(H,31,32)/b22-16+. The molecule has 0 unspecified atom stereocenters. The van der Waals surface area contributed by atoms with Crippen LogP contribution in [-0.2, 0) is 0 Å². The molecule has 0 radical (unpaired) electrons. The van der Waals surface area contributed by atoms with Crippen molar-refractivity contribution >= 4 is 22.8 Å². The van der Waals surface area contributed by atoms with Gasteiger partial charge in [-0.1, -0.05) is 68.5 Å². The molecule has 3 aromatic carbocycles. The fourth-order valence-electron chi connectivity index (χ4n) is 4.07. The summed E-state index contributed by atoms with van der Waals surface area (Å²) < 4.78 is 6.25. The van der Waals surface area contributed by atoms with Crippen LogP contribution in [0.4, 0.5) is 0 Å². The van der Waals surface area contributed by atoms with Gasteiger partial charge >= 0.3 is 5.97 Å². The predicted octanol–water partition coefficient (Wildman–Crippen LogP) is 5.18. The second-order valence-electron chi connectivity index (χ2n) is 9.50. The van der Waals surface area contributed by atoms with E-state index in [1.807, 2.05) is 36.4 Å². The number of carboxylic acids is 1. The predicted molar refractivity (Wildman–Crippen MR) is 136 cm³/mol. The topological polar surface area (TPSA) is 61.8 Å². The van der Waals surface area contributed by atoms with Gasteiger partial charge in [-0.2, -0.15) is 0 Å². The monoisotopic (exact) mass is 446 g/mol. The van der Waals surface area contributed by atoms with Crippen molar-refractivity contribution in [3.8, 4) is 5.75 Å². The zero-order valence-electron chi connectivity index (χ0n) is 20.0. The molecular weight excluding hydrogens is 412 g/mol. The lowest BCUT2D eigenvalue weighted by molar-refractivity contribution is 0.0697. The Morgan fingerprint density at radius 1 is 1.03 bits per heavy atom. The van der Waals surface area contributed by atoms with Crippen LogP contribution in [0, 0.1) is 5.41 Å². The zero-order chi connectivity index (χ0) is 23.8. The third-order valence-corrected chi connectivity index (χ3v) is 5.39. The molecule has 0 aliphatic carbocycles. The van der Waals surface area contributed by atoms with Crippen molar-refractivity contribution < 1.29 is 14.6 Å². The van der Waals surface area contributed by atoms with Gasteiger partial charge in [0.2, 0.25) is 0 Å². The quantitative estimate of drug-likeness (QED) is 0.425. The highest BCUT2D eigenvalue weighted by Crippen LogP contribution is 2.25. The van der Waals surface area contributed by atoms with Gasteiger partial charge in [0.1, 0.15) is 12.4 Å². The number of fused-ring (bicyclic) bond motifs is 1. The molecule has 3 rings (SSSR count). The van der Waals surface area contributed by atoms with Gasteiger partial charge in [0.05, 0.1) is 5.56 Å². The average Bonchev–Trinajstić information content (AvgIpc) is 2.76. The normalized spacial score (nSPS) is 12.3. The summed E-state index contributed by atoms with van der Waals surface area (Å²) in [5.74, 6) is -0.0667. The Morgan fingerprint density at radius 3 is 2.42 bits per heavy atom. The molecule has 174 valence electrons. The average molecular weight is 447 g/mol. The molecule has 0 bridgehead atoms.